The third-order valence-corrected chi connectivity index (χ3v) is 2.24. The van der Waals surface area contributed by atoms with Gasteiger partial charge in [0.25, 0.3) is 0 Å². The van der Waals surface area contributed by atoms with E-state index in [0.717, 1.165) is 5.56 Å². The second-order valence-electron chi connectivity index (χ2n) is 3.08. The Kier molecular flexibility index (Phi) is 3.42. The van der Waals surface area contributed by atoms with Gasteiger partial charge in [-0.1, -0.05) is 13.8 Å². The van der Waals surface area contributed by atoms with E-state index in [1.807, 2.05) is 13.8 Å². The Morgan fingerprint density at radius 1 is 1.43 bits per heavy atom. The molecule has 0 atom stereocenters. The predicted molar refractivity (Wildman–Crippen MR) is 49.1 cm³/mol. The molecule has 1 radical (unpaired) electrons. The first-order valence-corrected chi connectivity index (χ1v) is 4.83. The SMILES string of the molecule is CC(C)c1cn[c]c(SC(F)(F)F)c1. The first-order chi connectivity index (χ1) is 6.38. The summed E-state index contributed by atoms with van der Waals surface area (Å²) in [5, 5.41) is 0. The van der Waals surface area contributed by atoms with Gasteiger partial charge >= 0.3 is 5.51 Å². The zero-order valence-corrected chi connectivity index (χ0v) is 8.54. The van der Waals surface area contributed by atoms with Gasteiger partial charge in [0.05, 0.1) is 0 Å². The monoisotopic (exact) mass is 220 g/mol. The van der Waals surface area contributed by atoms with Gasteiger partial charge in [0, 0.05) is 11.1 Å². The third-order valence-electron chi connectivity index (χ3n) is 1.58. The Labute approximate surface area is 84.7 Å². The van der Waals surface area contributed by atoms with E-state index in [2.05, 4.69) is 11.2 Å². The molecule has 1 nitrogen and oxygen atoms in total. The minimum absolute atomic E-state index is 0.0173. The van der Waals surface area contributed by atoms with E-state index in [1.54, 1.807) is 0 Å². The fourth-order valence-electron chi connectivity index (χ4n) is 0.884. The summed E-state index contributed by atoms with van der Waals surface area (Å²) in [6.45, 7) is 3.80. The van der Waals surface area contributed by atoms with E-state index in [9.17, 15) is 13.2 Å². The lowest BCUT2D eigenvalue weighted by molar-refractivity contribution is -0.0328. The van der Waals surface area contributed by atoms with Crippen molar-refractivity contribution in [3.05, 3.63) is 24.0 Å². The van der Waals surface area contributed by atoms with Crippen molar-refractivity contribution < 1.29 is 13.2 Å². The molecule has 0 aromatic carbocycles. The number of aromatic nitrogens is 1. The van der Waals surface area contributed by atoms with Crippen LogP contribution < -0.4 is 0 Å². The van der Waals surface area contributed by atoms with E-state index in [4.69, 9.17) is 0 Å². The summed E-state index contributed by atoms with van der Waals surface area (Å²) >= 11 is -0.186. The molecule has 5 heteroatoms. The van der Waals surface area contributed by atoms with E-state index in [0.29, 0.717) is 0 Å². The molecule has 0 unspecified atom stereocenters. The summed E-state index contributed by atoms with van der Waals surface area (Å²) in [6.07, 6.45) is 3.85. The van der Waals surface area contributed by atoms with Crippen molar-refractivity contribution in [2.24, 2.45) is 0 Å². The van der Waals surface area contributed by atoms with E-state index < -0.39 is 5.51 Å². The lowest BCUT2D eigenvalue weighted by Gasteiger charge is -2.08. The van der Waals surface area contributed by atoms with Gasteiger partial charge in [-0.2, -0.15) is 13.2 Å². The Morgan fingerprint density at radius 2 is 2.07 bits per heavy atom. The highest BCUT2D eigenvalue weighted by atomic mass is 32.2. The highest BCUT2D eigenvalue weighted by Gasteiger charge is 2.29. The number of nitrogens with zero attached hydrogens (tertiary/aromatic N) is 1. The van der Waals surface area contributed by atoms with Gasteiger partial charge < -0.3 is 0 Å². The van der Waals surface area contributed by atoms with Crippen LogP contribution in [0.15, 0.2) is 17.2 Å². The average Bonchev–Trinajstić information content (AvgIpc) is 2.01. The van der Waals surface area contributed by atoms with Crippen molar-refractivity contribution in [1.82, 2.24) is 4.98 Å². The Balaban J connectivity index is 2.84. The number of hydrogen-bond acceptors (Lipinski definition) is 2. The third kappa shape index (κ3) is 3.57. The Bertz CT molecular complexity index is 309. The number of alkyl halides is 3. The van der Waals surface area contributed by atoms with E-state index in [1.165, 1.54) is 12.3 Å². The summed E-state index contributed by atoms with van der Waals surface area (Å²) in [4.78, 5) is 3.66. The van der Waals surface area contributed by atoms with Gasteiger partial charge in [0.1, 0.15) is 6.20 Å². The first-order valence-electron chi connectivity index (χ1n) is 4.02. The molecule has 0 N–H and O–H groups in total. The van der Waals surface area contributed by atoms with Crippen molar-refractivity contribution in [3.8, 4) is 0 Å². The lowest BCUT2D eigenvalue weighted by Crippen LogP contribution is -2.00. The number of thioether (sulfide) groups is 1. The van der Waals surface area contributed by atoms with Crippen LogP contribution in [0, 0.1) is 6.20 Å². The van der Waals surface area contributed by atoms with Crippen molar-refractivity contribution in [1.29, 1.82) is 0 Å². The number of pyridine rings is 1. The number of hydrogen-bond donors (Lipinski definition) is 0. The van der Waals surface area contributed by atoms with Crippen molar-refractivity contribution in [2.75, 3.05) is 0 Å². The summed E-state index contributed by atoms with van der Waals surface area (Å²) in [6, 6.07) is 1.47. The predicted octanol–water partition coefficient (Wildman–Crippen LogP) is 3.62. The summed E-state index contributed by atoms with van der Waals surface area (Å²) in [5.74, 6) is 0.171. The highest BCUT2D eigenvalue weighted by molar-refractivity contribution is 8.00. The van der Waals surface area contributed by atoms with Crippen molar-refractivity contribution in [2.45, 2.75) is 30.2 Å². The van der Waals surface area contributed by atoms with E-state index >= 15 is 0 Å². The van der Waals surface area contributed by atoms with Crippen LogP contribution in [-0.2, 0) is 0 Å². The van der Waals surface area contributed by atoms with Gasteiger partial charge in [-0.05, 0) is 29.3 Å². The van der Waals surface area contributed by atoms with Crippen LogP contribution in [0.4, 0.5) is 13.2 Å². The highest BCUT2D eigenvalue weighted by Crippen LogP contribution is 2.36. The van der Waals surface area contributed by atoms with Gasteiger partial charge in [-0.3, -0.25) is 4.98 Å². The second kappa shape index (κ2) is 4.21. The van der Waals surface area contributed by atoms with Gasteiger partial charge in [0.2, 0.25) is 0 Å². The molecule has 77 valence electrons. The molecule has 0 spiro atoms. The van der Waals surface area contributed by atoms with E-state index in [-0.39, 0.29) is 22.6 Å². The van der Waals surface area contributed by atoms with Crippen LogP contribution in [0.3, 0.4) is 0 Å². The smallest absolute Gasteiger partial charge is 0.253 e. The molecular weight excluding hydrogens is 211 g/mol. The maximum atomic E-state index is 12.0. The summed E-state index contributed by atoms with van der Waals surface area (Å²) in [7, 11) is 0. The molecule has 0 saturated heterocycles. The fraction of sp³-hybridized carbons (Fsp3) is 0.444. The average molecular weight is 220 g/mol. The standard InChI is InChI=1S/C9H9F3NS/c1-6(2)7-3-8(5-13-4-7)14-9(10,11)12/h3-4,6H,1-2H3. The van der Waals surface area contributed by atoms with Crippen LogP contribution in [0.1, 0.15) is 25.3 Å². The topological polar surface area (TPSA) is 12.9 Å². The first kappa shape index (κ1) is 11.4. The minimum atomic E-state index is -4.27. The molecule has 1 heterocycles. The molecule has 14 heavy (non-hydrogen) atoms. The van der Waals surface area contributed by atoms with Gasteiger partial charge in [0.15, 0.2) is 0 Å². The Morgan fingerprint density at radius 3 is 2.57 bits per heavy atom. The van der Waals surface area contributed by atoms with Crippen LogP contribution in [-0.4, -0.2) is 10.5 Å². The number of halogens is 3. The zero-order valence-electron chi connectivity index (χ0n) is 7.72. The van der Waals surface area contributed by atoms with Crippen LogP contribution in [0.2, 0.25) is 0 Å². The van der Waals surface area contributed by atoms with Gasteiger partial charge in [-0.25, -0.2) is 0 Å². The second-order valence-corrected chi connectivity index (χ2v) is 4.19. The minimum Gasteiger partial charge on any atom is -0.253 e. The van der Waals surface area contributed by atoms with Crippen LogP contribution >= 0.6 is 11.8 Å². The van der Waals surface area contributed by atoms with Crippen LogP contribution in [0.5, 0.6) is 0 Å². The lowest BCUT2D eigenvalue weighted by atomic mass is 10.1. The maximum absolute atomic E-state index is 12.0. The Hall–Kier alpha value is -0.710. The van der Waals surface area contributed by atoms with Gasteiger partial charge in [-0.15, -0.1) is 0 Å². The molecule has 0 saturated carbocycles. The molecule has 1 rings (SSSR count). The number of rotatable bonds is 2. The zero-order chi connectivity index (χ0) is 10.8. The summed E-state index contributed by atoms with van der Waals surface area (Å²) < 4.78 is 36.0. The molecule has 0 fully saturated rings. The largest absolute Gasteiger partial charge is 0.446 e. The molecular formula is C9H9F3NS. The van der Waals surface area contributed by atoms with Crippen molar-refractivity contribution >= 4 is 11.8 Å². The van der Waals surface area contributed by atoms with Crippen molar-refractivity contribution in [3.63, 3.8) is 0 Å². The molecule has 0 amide bonds. The quantitative estimate of drug-likeness (QED) is 0.706. The molecule has 1 aromatic rings. The summed E-state index contributed by atoms with van der Waals surface area (Å²) in [5.41, 5.74) is -3.48. The normalized spacial score (nSPS) is 12.1. The van der Waals surface area contributed by atoms with Crippen LogP contribution in [0.25, 0.3) is 0 Å². The molecule has 0 aliphatic heterocycles. The fourth-order valence-corrected chi connectivity index (χ4v) is 1.43. The maximum Gasteiger partial charge on any atom is 0.446 e. The molecule has 1 aromatic heterocycles. The molecule has 0 bridgehead atoms. The molecule has 0 aliphatic rings. The molecule has 0 aliphatic carbocycles.